The van der Waals surface area contributed by atoms with Gasteiger partial charge in [-0.1, -0.05) is 6.07 Å². The number of carboxylic acid groups (broad SMARTS) is 2. The van der Waals surface area contributed by atoms with Crippen LogP contribution in [0.4, 0.5) is 4.69 Å². The maximum Gasteiger partial charge on any atom is -0.870 e. The van der Waals surface area contributed by atoms with Gasteiger partial charge in [0.1, 0.15) is 0 Å². The Morgan fingerprint density at radius 1 is 1.32 bits per heavy atom. The largest absolute Gasteiger partial charge is 0.870 e. The summed E-state index contributed by atoms with van der Waals surface area (Å²) in [4.78, 5) is 61.6. The summed E-state index contributed by atoms with van der Waals surface area (Å²) in [7, 11) is 0. The minimum atomic E-state index is -1.73. The Labute approximate surface area is 226 Å². The number of aromatic nitrogens is 2. The molecule has 0 aromatic carbocycles. The molecule has 14 nitrogen and oxygen atoms in total. The minimum absolute atomic E-state index is 0. The molecular weight excluding hydrogens is 587 g/mol. The van der Waals surface area contributed by atoms with Crippen LogP contribution in [-0.2, 0) is 30.6 Å². The molecule has 1 saturated heterocycles. The number of fused-ring (bicyclic) bond motifs is 1. The quantitative estimate of drug-likeness (QED) is 0.0873. The van der Waals surface area contributed by atoms with Crippen molar-refractivity contribution in [2.45, 2.75) is 37.4 Å². The van der Waals surface area contributed by atoms with Gasteiger partial charge in [0, 0.05) is 12.1 Å². The second-order valence-corrected chi connectivity index (χ2v) is 11.6. The number of nitrogens with zero attached hydrogens (tertiary/aromatic N) is 4. The summed E-state index contributed by atoms with van der Waals surface area (Å²) in [5.74, 6) is -3.60. The first-order chi connectivity index (χ1) is 17.5. The van der Waals surface area contributed by atoms with Gasteiger partial charge >= 0.3 is 190 Å². The Morgan fingerprint density at radius 3 is 2.58 bits per heavy atom. The van der Waals surface area contributed by atoms with Crippen molar-refractivity contribution in [3.05, 3.63) is 52.5 Å². The third kappa shape index (κ3) is 5.72. The van der Waals surface area contributed by atoms with Crippen molar-refractivity contribution in [2.75, 3.05) is 11.5 Å². The third-order valence-electron chi connectivity index (χ3n) is 5.55. The van der Waals surface area contributed by atoms with Crippen LogP contribution in [-0.4, -0.2) is 92.3 Å². The van der Waals surface area contributed by atoms with E-state index < -0.39 is 40.8 Å². The zero-order chi connectivity index (χ0) is 26.9. The van der Waals surface area contributed by atoms with Gasteiger partial charge in [-0.25, -0.2) is 0 Å². The summed E-state index contributed by atoms with van der Waals surface area (Å²) < 4.78 is 2.10. The number of hydrogen-bond acceptors (Lipinski definition) is 10. The molecule has 2 aromatic heterocycles. The second-order valence-electron chi connectivity index (χ2n) is 8.58. The fraction of sp³-hybridized carbons (Fsp3) is 0.318. The van der Waals surface area contributed by atoms with Crippen molar-refractivity contribution < 1.29 is 44.3 Å². The van der Waals surface area contributed by atoms with E-state index in [1.165, 1.54) is 30.5 Å². The number of nitrogens with two attached hydrogens (primary N) is 1. The average Bonchev–Trinajstić information content (AvgIpc) is 3.28. The Kier molecular flexibility index (Phi) is 8.61. The summed E-state index contributed by atoms with van der Waals surface area (Å²) >= 11 is 1.01. The molecule has 16 heteroatoms. The molecule has 2 aliphatic heterocycles. The van der Waals surface area contributed by atoms with Gasteiger partial charge in [-0.15, -0.1) is 0 Å². The van der Waals surface area contributed by atoms with Gasteiger partial charge in [0.15, 0.2) is 12.4 Å². The van der Waals surface area contributed by atoms with Crippen LogP contribution in [0, 0.1) is 0 Å². The first-order valence-electron chi connectivity index (χ1n) is 10.9. The van der Waals surface area contributed by atoms with Gasteiger partial charge in [-0.2, -0.15) is 0 Å². The number of aliphatic carboxylic acids is 2. The molecule has 1 fully saturated rings. The fourth-order valence-electron chi connectivity index (χ4n) is 3.57. The predicted octanol–water partition coefficient (Wildman–Crippen LogP) is -1.15. The van der Waals surface area contributed by atoms with E-state index in [1.807, 2.05) is 22.8 Å². The van der Waals surface area contributed by atoms with Crippen LogP contribution < -0.4 is 15.6 Å². The Bertz CT molecular complexity index is 1330. The van der Waals surface area contributed by atoms with Crippen molar-refractivity contribution >= 4 is 60.4 Å². The normalized spacial score (nSPS) is 19.2. The predicted molar refractivity (Wildman–Crippen MR) is 133 cm³/mol. The van der Waals surface area contributed by atoms with E-state index >= 15 is 0 Å². The molecule has 2 amide bonds. The van der Waals surface area contributed by atoms with Gasteiger partial charge in [-0.3, -0.25) is 0 Å². The summed E-state index contributed by atoms with van der Waals surface area (Å²) in [5.41, 5.74) is 4.23. The number of carbonyl (C=O) groups is 4. The number of amides is 2. The number of oxime groups is 1. The average molecular weight is 611 g/mol. The number of hydrogen-bond donors (Lipinski definition) is 4. The molecule has 0 radical (unpaired) electrons. The first kappa shape index (κ1) is 28.8. The second kappa shape index (κ2) is 11.3. The van der Waals surface area contributed by atoms with Gasteiger partial charge in [0.25, 0.3) is 0 Å². The third-order valence-corrected chi connectivity index (χ3v) is 8.30. The molecule has 0 unspecified atom stereocenters. The first-order valence-corrected chi connectivity index (χ1v) is 13.7. The Hall–Kier alpha value is -3.72. The van der Waals surface area contributed by atoms with E-state index in [-0.39, 0.29) is 41.8 Å². The van der Waals surface area contributed by atoms with Crippen LogP contribution in [0.1, 0.15) is 19.5 Å². The molecular formula is C22H24N6O8SSe. The zero-order valence-electron chi connectivity index (χ0n) is 20.1. The van der Waals surface area contributed by atoms with E-state index in [0.717, 1.165) is 0 Å². The van der Waals surface area contributed by atoms with E-state index in [9.17, 15) is 29.4 Å². The molecule has 0 aliphatic carbocycles. The standard InChI is InChI=1S/C22H22N6O7SSe.H2O/c1-22(2,20(33)34)35-26-13(12-10-37-21(23)24-12)16(29)25-14-17(30)28-15(19(31)32)11(9-36-18(14)28)8-27-6-4-3-5-7-27;/h3-7,10,14,18H,8-9H2,1-2H3,(H4-,23,24,25,29,31,32,33,34);1H2/b26-13-;/t14-,18-;/m1./s1. The SMILES string of the molecule is CC(C)(O/N=C(\C(=O)N[C@@H]1C(=O)N2C(C(=O)O)=C(C[n+]3ccccc3)CS[C@H]12)c1c[se]c(N)n1)C(=O)O.[OH-]. The molecule has 0 spiro atoms. The maximum absolute atomic E-state index is 13.1. The number of nitrogen functional groups attached to an aromatic ring is 1. The number of carboxylic acids is 2. The van der Waals surface area contributed by atoms with Crippen molar-refractivity contribution in [3.63, 3.8) is 0 Å². The topological polar surface area (TPSA) is 218 Å². The van der Waals surface area contributed by atoms with Crippen LogP contribution in [0.2, 0.25) is 0 Å². The van der Waals surface area contributed by atoms with Crippen molar-refractivity contribution in [3.8, 4) is 0 Å². The van der Waals surface area contributed by atoms with Crippen LogP contribution in [0.25, 0.3) is 0 Å². The van der Waals surface area contributed by atoms with E-state index in [1.54, 1.807) is 17.3 Å². The molecule has 2 atom stereocenters. The molecule has 2 aromatic rings. The molecule has 6 N–H and O–H groups in total. The molecule has 0 bridgehead atoms. The number of β-lactam (4-membered cyclic amide) rings is 1. The Balaban J connectivity index is 0.00000400. The van der Waals surface area contributed by atoms with E-state index in [2.05, 4.69) is 15.5 Å². The van der Waals surface area contributed by atoms with Gasteiger partial charge in [-0.05, 0) is 0 Å². The monoisotopic (exact) mass is 612 g/mol. The van der Waals surface area contributed by atoms with E-state index in [0.29, 0.717) is 17.9 Å². The van der Waals surface area contributed by atoms with Gasteiger partial charge < -0.3 is 5.48 Å². The molecule has 38 heavy (non-hydrogen) atoms. The van der Waals surface area contributed by atoms with Crippen LogP contribution >= 0.6 is 11.8 Å². The van der Waals surface area contributed by atoms with Crippen LogP contribution in [0.3, 0.4) is 0 Å². The van der Waals surface area contributed by atoms with Crippen molar-refractivity contribution in [1.29, 1.82) is 0 Å². The summed E-state index contributed by atoms with van der Waals surface area (Å²) in [6, 6.07) is 4.46. The molecule has 4 heterocycles. The summed E-state index contributed by atoms with van der Waals surface area (Å²) in [5, 5.41) is 24.8. The van der Waals surface area contributed by atoms with Gasteiger partial charge in [0.2, 0.25) is 0 Å². The number of nitrogens with one attached hydrogen (secondary N) is 1. The summed E-state index contributed by atoms with van der Waals surface area (Å²) in [6.07, 6.45) is 3.60. The van der Waals surface area contributed by atoms with Crippen LogP contribution in [0.15, 0.2) is 52.0 Å². The zero-order valence-corrected chi connectivity index (χ0v) is 22.6. The number of carbonyl (C=O) groups excluding carboxylic acids is 2. The number of thioether (sulfide) groups is 1. The van der Waals surface area contributed by atoms with E-state index in [4.69, 9.17) is 10.6 Å². The number of pyridine rings is 1. The number of rotatable bonds is 9. The van der Waals surface area contributed by atoms with Crippen LogP contribution in [0.5, 0.6) is 0 Å². The fourth-order valence-corrected chi connectivity index (χ4v) is 6.06. The minimum Gasteiger partial charge on any atom is -0.870 e. The smallest absolute Gasteiger partial charge is 0.870 e. The number of anilines is 1. The Morgan fingerprint density at radius 2 is 2.00 bits per heavy atom. The van der Waals surface area contributed by atoms with Crippen molar-refractivity contribution in [2.24, 2.45) is 5.16 Å². The molecule has 2 aliphatic rings. The molecule has 202 valence electrons. The van der Waals surface area contributed by atoms with Gasteiger partial charge in [0.05, 0.1) is 0 Å². The molecule has 4 rings (SSSR count). The van der Waals surface area contributed by atoms with Crippen molar-refractivity contribution in [1.82, 2.24) is 15.2 Å². The summed E-state index contributed by atoms with van der Waals surface area (Å²) in [6.45, 7) is 2.82. The molecule has 0 saturated carbocycles. The maximum atomic E-state index is 13.1.